The molecule has 0 fully saturated rings. The molecule has 19 heavy (non-hydrogen) atoms. The summed E-state index contributed by atoms with van der Waals surface area (Å²) in [5, 5.41) is 11.6. The van der Waals surface area contributed by atoms with Crippen LogP contribution in [0.5, 0.6) is 0 Å². The Morgan fingerprint density at radius 3 is 2.68 bits per heavy atom. The maximum absolute atomic E-state index is 11.9. The van der Waals surface area contributed by atoms with Crippen molar-refractivity contribution in [1.29, 1.82) is 0 Å². The van der Waals surface area contributed by atoms with Crippen molar-refractivity contribution in [3.63, 3.8) is 0 Å². The van der Waals surface area contributed by atoms with Crippen LogP contribution in [-0.4, -0.2) is 35.7 Å². The van der Waals surface area contributed by atoms with E-state index in [0.29, 0.717) is 12.0 Å². The van der Waals surface area contributed by atoms with E-state index in [2.05, 4.69) is 17.2 Å². The van der Waals surface area contributed by atoms with Gasteiger partial charge >= 0.3 is 0 Å². The number of carbonyl (C=O) groups excluding carboxylic acids is 1. The largest absolute Gasteiger partial charge is 0.395 e. The molecule has 0 heterocycles. The highest BCUT2D eigenvalue weighted by molar-refractivity contribution is 7.98. The molecule has 1 rings (SSSR count). The number of thioether (sulfide) groups is 1. The molecular weight excluding hydrogens is 258 g/mol. The van der Waals surface area contributed by atoms with Crippen LogP contribution in [0.4, 0.5) is 0 Å². The Morgan fingerprint density at radius 1 is 1.42 bits per heavy atom. The minimum atomic E-state index is -0.0589. The highest BCUT2D eigenvalue weighted by Gasteiger charge is 2.08. The van der Waals surface area contributed by atoms with Crippen LogP contribution < -0.4 is 5.32 Å². The molecular formula is C15H19NO2S. The van der Waals surface area contributed by atoms with Crippen molar-refractivity contribution < 1.29 is 9.90 Å². The van der Waals surface area contributed by atoms with Gasteiger partial charge in [0.1, 0.15) is 0 Å². The van der Waals surface area contributed by atoms with Crippen LogP contribution in [-0.2, 0) is 0 Å². The lowest BCUT2D eigenvalue weighted by Gasteiger charge is -2.12. The summed E-state index contributed by atoms with van der Waals surface area (Å²) >= 11 is 1.71. The van der Waals surface area contributed by atoms with E-state index in [-0.39, 0.29) is 18.6 Å². The lowest BCUT2D eigenvalue weighted by Crippen LogP contribution is -2.34. The fourth-order valence-corrected chi connectivity index (χ4v) is 2.11. The smallest absolute Gasteiger partial charge is 0.251 e. The van der Waals surface area contributed by atoms with Gasteiger partial charge in [0, 0.05) is 29.3 Å². The van der Waals surface area contributed by atoms with Crippen LogP contribution >= 0.6 is 11.8 Å². The predicted molar refractivity (Wildman–Crippen MR) is 80.3 cm³/mol. The number of aliphatic hydroxyl groups is 1. The summed E-state index contributed by atoms with van der Waals surface area (Å²) < 4.78 is 0. The maximum Gasteiger partial charge on any atom is 0.251 e. The number of carbonyl (C=O) groups is 1. The van der Waals surface area contributed by atoms with E-state index < -0.39 is 0 Å². The van der Waals surface area contributed by atoms with Gasteiger partial charge in [-0.05, 0) is 37.4 Å². The Bertz CT molecular complexity index is 459. The molecule has 3 nitrogen and oxygen atoms in total. The number of aliphatic hydroxyl groups excluding tert-OH is 1. The maximum atomic E-state index is 11.9. The molecule has 1 aromatic carbocycles. The second-order valence-electron chi connectivity index (χ2n) is 4.18. The second-order valence-corrected chi connectivity index (χ2v) is 5.09. The summed E-state index contributed by atoms with van der Waals surface area (Å²) in [4.78, 5) is 11.9. The Morgan fingerprint density at radius 2 is 2.11 bits per heavy atom. The minimum absolute atomic E-state index is 0.0589. The van der Waals surface area contributed by atoms with Crippen molar-refractivity contribution in [2.75, 3.05) is 18.6 Å². The number of hydrogen-bond donors (Lipinski definition) is 2. The summed E-state index contributed by atoms with van der Waals surface area (Å²) in [6.45, 7) is 2.06. The first kappa shape index (κ1) is 15.6. The van der Waals surface area contributed by atoms with Crippen molar-refractivity contribution >= 4 is 17.7 Å². The van der Waals surface area contributed by atoms with E-state index in [1.165, 1.54) is 0 Å². The summed E-state index contributed by atoms with van der Waals surface area (Å²) in [7, 11) is 0. The molecule has 0 aliphatic rings. The van der Waals surface area contributed by atoms with Gasteiger partial charge in [0.2, 0.25) is 0 Å². The zero-order valence-corrected chi connectivity index (χ0v) is 12.1. The van der Waals surface area contributed by atoms with Crippen LogP contribution in [0.25, 0.3) is 0 Å². The Labute approximate surface area is 118 Å². The molecule has 2 N–H and O–H groups in total. The molecule has 102 valence electrons. The van der Waals surface area contributed by atoms with Crippen LogP contribution in [0.1, 0.15) is 29.3 Å². The molecule has 0 saturated carbocycles. The third-order valence-electron chi connectivity index (χ3n) is 2.41. The topological polar surface area (TPSA) is 49.3 Å². The first-order valence-electron chi connectivity index (χ1n) is 6.17. The van der Waals surface area contributed by atoms with Gasteiger partial charge in [-0.3, -0.25) is 4.79 Å². The lowest BCUT2D eigenvalue weighted by atomic mass is 10.1. The highest BCUT2D eigenvalue weighted by Crippen LogP contribution is 2.05. The van der Waals surface area contributed by atoms with Gasteiger partial charge in [0.05, 0.1) is 6.61 Å². The standard InChI is InChI=1S/C15H19NO2S/c1-12(11-19-2)16-15(18)14-8-6-13(7-9-14)5-3-4-10-17/h6-9,12,17H,4,10-11H2,1-2H3,(H,16,18). The molecule has 1 amide bonds. The van der Waals surface area contributed by atoms with E-state index in [0.717, 1.165) is 11.3 Å². The molecule has 0 saturated heterocycles. The molecule has 0 spiro atoms. The zero-order chi connectivity index (χ0) is 14.1. The number of amides is 1. The summed E-state index contributed by atoms with van der Waals surface area (Å²) in [5.74, 6) is 6.61. The first-order valence-corrected chi connectivity index (χ1v) is 7.56. The molecule has 1 aromatic rings. The van der Waals surface area contributed by atoms with Crippen LogP contribution in [0.3, 0.4) is 0 Å². The number of hydrogen-bond acceptors (Lipinski definition) is 3. The van der Waals surface area contributed by atoms with Crippen molar-refractivity contribution in [2.24, 2.45) is 0 Å². The number of benzene rings is 1. The Balaban J connectivity index is 2.61. The third kappa shape index (κ3) is 5.82. The molecule has 0 aromatic heterocycles. The highest BCUT2D eigenvalue weighted by atomic mass is 32.2. The average Bonchev–Trinajstić information content (AvgIpc) is 2.40. The lowest BCUT2D eigenvalue weighted by molar-refractivity contribution is 0.0944. The zero-order valence-electron chi connectivity index (χ0n) is 11.3. The van der Waals surface area contributed by atoms with Crippen molar-refractivity contribution in [3.8, 4) is 11.8 Å². The number of nitrogens with one attached hydrogen (secondary N) is 1. The van der Waals surface area contributed by atoms with Crippen LogP contribution in [0.15, 0.2) is 24.3 Å². The van der Waals surface area contributed by atoms with Gasteiger partial charge in [0.25, 0.3) is 5.91 Å². The molecule has 1 atom stereocenters. The van der Waals surface area contributed by atoms with E-state index in [1.54, 1.807) is 23.9 Å². The molecule has 0 bridgehead atoms. The van der Waals surface area contributed by atoms with Gasteiger partial charge < -0.3 is 10.4 Å². The van der Waals surface area contributed by atoms with Crippen molar-refractivity contribution in [2.45, 2.75) is 19.4 Å². The molecule has 0 aliphatic carbocycles. The number of rotatable bonds is 5. The predicted octanol–water partition coefficient (Wildman–Crippen LogP) is 1.90. The first-order chi connectivity index (χ1) is 9.17. The van der Waals surface area contributed by atoms with Gasteiger partial charge in [-0.25, -0.2) is 0 Å². The van der Waals surface area contributed by atoms with Gasteiger partial charge in [-0.1, -0.05) is 11.8 Å². The van der Waals surface area contributed by atoms with Crippen molar-refractivity contribution in [3.05, 3.63) is 35.4 Å². The van der Waals surface area contributed by atoms with Gasteiger partial charge in [-0.15, -0.1) is 0 Å². The van der Waals surface area contributed by atoms with Gasteiger partial charge in [-0.2, -0.15) is 11.8 Å². The fourth-order valence-electron chi connectivity index (χ4n) is 1.52. The molecule has 1 unspecified atom stereocenters. The summed E-state index contributed by atoms with van der Waals surface area (Å²) in [6, 6.07) is 7.33. The van der Waals surface area contributed by atoms with Gasteiger partial charge in [0.15, 0.2) is 0 Å². The fraction of sp³-hybridized carbons (Fsp3) is 0.400. The molecule has 0 aliphatic heterocycles. The third-order valence-corrected chi connectivity index (χ3v) is 3.24. The minimum Gasteiger partial charge on any atom is -0.395 e. The Hall–Kier alpha value is -1.44. The molecule has 0 radical (unpaired) electrons. The SMILES string of the molecule is CSCC(C)NC(=O)c1ccc(C#CCCO)cc1. The normalized spacial score (nSPS) is 11.3. The second kappa shape index (κ2) is 8.63. The monoisotopic (exact) mass is 277 g/mol. The van der Waals surface area contributed by atoms with Crippen molar-refractivity contribution in [1.82, 2.24) is 5.32 Å². The van der Waals surface area contributed by atoms with E-state index in [4.69, 9.17) is 5.11 Å². The van der Waals surface area contributed by atoms with E-state index in [9.17, 15) is 4.79 Å². The van der Waals surface area contributed by atoms with E-state index >= 15 is 0 Å². The van der Waals surface area contributed by atoms with Crippen LogP contribution in [0, 0.1) is 11.8 Å². The quantitative estimate of drug-likeness (QED) is 0.808. The molecule has 4 heteroatoms. The summed E-state index contributed by atoms with van der Waals surface area (Å²) in [5.41, 5.74) is 1.49. The summed E-state index contributed by atoms with van der Waals surface area (Å²) in [6.07, 6.45) is 2.48. The van der Waals surface area contributed by atoms with E-state index in [1.807, 2.05) is 25.3 Å². The Kier molecular flexibility index (Phi) is 7.09. The average molecular weight is 277 g/mol. The van der Waals surface area contributed by atoms with Crippen LogP contribution in [0.2, 0.25) is 0 Å².